The van der Waals surface area contributed by atoms with E-state index in [2.05, 4.69) is 5.32 Å². The van der Waals surface area contributed by atoms with Crippen LogP contribution >= 0.6 is 0 Å². The minimum atomic E-state index is -4.21. The van der Waals surface area contributed by atoms with E-state index in [-0.39, 0.29) is 16.3 Å². The molecule has 0 bridgehead atoms. The number of ether oxygens (including phenoxy) is 2. The lowest BCUT2D eigenvalue weighted by Crippen LogP contribution is -2.38. The van der Waals surface area contributed by atoms with Crippen molar-refractivity contribution in [1.82, 2.24) is 0 Å². The Morgan fingerprint density at radius 3 is 2.38 bits per heavy atom. The van der Waals surface area contributed by atoms with Gasteiger partial charge in [0.1, 0.15) is 28.8 Å². The molecule has 0 aliphatic rings. The molecule has 1 amide bonds. The average Bonchev–Trinajstić information content (AvgIpc) is 2.79. The van der Waals surface area contributed by atoms with E-state index < -0.39 is 28.3 Å². The molecule has 0 aliphatic carbocycles. The molecule has 32 heavy (non-hydrogen) atoms. The molecule has 0 saturated heterocycles. The van der Waals surface area contributed by atoms with Crippen LogP contribution in [0.5, 0.6) is 11.5 Å². The zero-order valence-electron chi connectivity index (χ0n) is 17.8. The predicted molar refractivity (Wildman–Crippen MR) is 120 cm³/mol. The average molecular weight is 459 g/mol. The van der Waals surface area contributed by atoms with Crippen molar-refractivity contribution in [2.45, 2.75) is 11.8 Å². The summed E-state index contributed by atoms with van der Waals surface area (Å²) in [6.07, 6.45) is 0. The van der Waals surface area contributed by atoms with Crippen molar-refractivity contribution in [2.75, 3.05) is 30.4 Å². The number of amides is 1. The minimum absolute atomic E-state index is 0.0718. The first kappa shape index (κ1) is 23.1. The first-order valence-electron chi connectivity index (χ1n) is 9.61. The van der Waals surface area contributed by atoms with E-state index in [0.717, 1.165) is 4.31 Å². The number of rotatable bonds is 8. The molecule has 3 rings (SSSR count). The van der Waals surface area contributed by atoms with E-state index in [4.69, 9.17) is 9.47 Å². The standard InChI is InChI=1S/C23H23FN2O5S/c1-16-7-12-21(31-3)22(13-16)32(28,29)26(19-5-4-6-20(14-19)30-2)15-23(27)25-18-10-8-17(24)9-11-18/h4-14H,15H2,1-3H3,(H,25,27). The zero-order valence-corrected chi connectivity index (χ0v) is 18.6. The SMILES string of the molecule is COc1cccc(N(CC(=O)Nc2ccc(F)cc2)S(=O)(=O)c2cc(C)ccc2OC)c1. The Morgan fingerprint density at radius 1 is 1.00 bits per heavy atom. The highest BCUT2D eigenvalue weighted by molar-refractivity contribution is 7.93. The van der Waals surface area contributed by atoms with Crippen molar-refractivity contribution in [3.8, 4) is 11.5 Å². The van der Waals surface area contributed by atoms with E-state index in [1.165, 1.54) is 50.6 Å². The monoisotopic (exact) mass is 458 g/mol. The zero-order chi connectivity index (χ0) is 23.3. The van der Waals surface area contributed by atoms with Crippen molar-refractivity contribution >= 4 is 27.3 Å². The number of methoxy groups -OCH3 is 2. The maximum Gasteiger partial charge on any atom is 0.268 e. The molecule has 0 saturated carbocycles. The normalized spacial score (nSPS) is 11.0. The predicted octanol–water partition coefficient (Wildman–Crippen LogP) is 3.99. The third-order valence-electron chi connectivity index (χ3n) is 4.64. The number of anilines is 2. The van der Waals surface area contributed by atoms with Crippen molar-refractivity contribution in [3.63, 3.8) is 0 Å². The molecular weight excluding hydrogens is 435 g/mol. The van der Waals surface area contributed by atoms with Crippen LogP contribution in [0.4, 0.5) is 15.8 Å². The molecule has 0 aromatic heterocycles. The van der Waals surface area contributed by atoms with Gasteiger partial charge in [-0.1, -0.05) is 12.1 Å². The second kappa shape index (κ2) is 9.69. The van der Waals surface area contributed by atoms with Gasteiger partial charge in [-0.05, 0) is 61.0 Å². The molecule has 3 aromatic rings. The van der Waals surface area contributed by atoms with Crippen LogP contribution in [0.3, 0.4) is 0 Å². The Bertz CT molecular complexity index is 1210. The van der Waals surface area contributed by atoms with E-state index in [1.54, 1.807) is 37.3 Å². The number of sulfonamides is 1. The largest absolute Gasteiger partial charge is 0.497 e. The van der Waals surface area contributed by atoms with Gasteiger partial charge in [-0.25, -0.2) is 12.8 Å². The molecule has 0 heterocycles. The number of nitrogens with one attached hydrogen (secondary N) is 1. The van der Waals surface area contributed by atoms with Crippen LogP contribution in [0.15, 0.2) is 71.6 Å². The minimum Gasteiger partial charge on any atom is -0.497 e. The summed E-state index contributed by atoms with van der Waals surface area (Å²) in [6, 6.07) is 16.3. The highest BCUT2D eigenvalue weighted by Crippen LogP contribution is 2.32. The van der Waals surface area contributed by atoms with Gasteiger partial charge < -0.3 is 14.8 Å². The number of hydrogen-bond donors (Lipinski definition) is 1. The van der Waals surface area contributed by atoms with E-state index >= 15 is 0 Å². The number of carbonyl (C=O) groups is 1. The smallest absolute Gasteiger partial charge is 0.268 e. The number of benzene rings is 3. The van der Waals surface area contributed by atoms with Gasteiger partial charge in [0.15, 0.2) is 0 Å². The molecule has 7 nitrogen and oxygen atoms in total. The van der Waals surface area contributed by atoms with Crippen LogP contribution in [-0.4, -0.2) is 35.1 Å². The summed E-state index contributed by atoms with van der Waals surface area (Å²) in [5.41, 5.74) is 1.29. The summed E-state index contributed by atoms with van der Waals surface area (Å²) >= 11 is 0. The Morgan fingerprint density at radius 2 is 1.72 bits per heavy atom. The molecule has 168 valence electrons. The van der Waals surface area contributed by atoms with Crippen LogP contribution in [-0.2, 0) is 14.8 Å². The number of carbonyl (C=O) groups excluding carboxylic acids is 1. The van der Waals surface area contributed by atoms with Crippen molar-refractivity contribution in [3.05, 3.63) is 78.1 Å². The molecule has 1 N–H and O–H groups in total. The van der Waals surface area contributed by atoms with Crippen molar-refractivity contribution in [1.29, 1.82) is 0 Å². The Hall–Kier alpha value is -3.59. The van der Waals surface area contributed by atoms with Gasteiger partial charge in [-0.2, -0.15) is 0 Å². The van der Waals surface area contributed by atoms with E-state index in [9.17, 15) is 17.6 Å². The molecule has 0 spiro atoms. The summed E-state index contributed by atoms with van der Waals surface area (Å²) < 4.78 is 52.0. The van der Waals surface area contributed by atoms with Gasteiger partial charge in [-0.15, -0.1) is 0 Å². The van der Waals surface area contributed by atoms with Gasteiger partial charge >= 0.3 is 0 Å². The fraction of sp³-hybridized carbons (Fsp3) is 0.174. The number of nitrogens with zero attached hydrogens (tertiary/aromatic N) is 1. The van der Waals surface area contributed by atoms with Crippen LogP contribution in [0, 0.1) is 12.7 Å². The Balaban J connectivity index is 2.03. The second-order valence-corrected chi connectivity index (χ2v) is 8.75. The lowest BCUT2D eigenvalue weighted by molar-refractivity contribution is -0.114. The molecular formula is C23H23FN2O5S. The van der Waals surface area contributed by atoms with Crippen LogP contribution < -0.4 is 19.1 Å². The molecule has 3 aromatic carbocycles. The maximum absolute atomic E-state index is 13.7. The van der Waals surface area contributed by atoms with E-state index in [0.29, 0.717) is 17.0 Å². The summed E-state index contributed by atoms with van der Waals surface area (Å²) in [5, 5.41) is 2.59. The number of aryl methyl sites for hydroxylation is 1. The lowest BCUT2D eigenvalue weighted by Gasteiger charge is -2.25. The van der Waals surface area contributed by atoms with Crippen molar-refractivity contribution in [2.24, 2.45) is 0 Å². The summed E-state index contributed by atoms with van der Waals surface area (Å²) in [4.78, 5) is 12.7. The molecule has 9 heteroatoms. The van der Waals surface area contributed by atoms with Crippen molar-refractivity contribution < 1.29 is 27.1 Å². The Kier molecular flexibility index (Phi) is 6.99. The van der Waals surface area contributed by atoms with Crippen LogP contribution in [0.1, 0.15) is 5.56 Å². The summed E-state index contributed by atoms with van der Waals surface area (Å²) in [5.74, 6) is -0.468. The molecule has 0 radical (unpaired) electrons. The summed E-state index contributed by atoms with van der Waals surface area (Å²) in [6.45, 7) is 1.24. The molecule has 0 aliphatic heterocycles. The fourth-order valence-corrected chi connectivity index (χ4v) is 4.71. The van der Waals surface area contributed by atoms with Gasteiger partial charge in [0.2, 0.25) is 5.91 Å². The van der Waals surface area contributed by atoms with Gasteiger partial charge in [-0.3, -0.25) is 9.10 Å². The first-order chi connectivity index (χ1) is 15.2. The maximum atomic E-state index is 13.7. The third-order valence-corrected chi connectivity index (χ3v) is 6.44. The third kappa shape index (κ3) is 5.17. The number of halogens is 1. The Labute approximate surface area is 186 Å². The first-order valence-corrected chi connectivity index (χ1v) is 11.1. The van der Waals surface area contributed by atoms with Crippen LogP contribution in [0.25, 0.3) is 0 Å². The van der Waals surface area contributed by atoms with Gasteiger partial charge in [0.25, 0.3) is 10.0 Å². The van der Waals surface area contributed by atoms with Gasteiger partial charge in [0.05, 0.1) is 19.9 Å². The highest BCUT2D eigenvalue weighted by Gasteiger charge is 2.30. The number of hydrogen-bond acceptors (Lipinski definition) is 5. The van der Waals surface area contributed by atoms with Crippen LogP contribution in [0.2, 0.25) is 0 Å². The summed E-state index contributed by atoms with van der Waals surface area (Å²) in [7, 11) is -1.37. The highest BCUT2D eigenvalue weighted by atomic mass is 32.2. The molecule has 0 fully saturated rings. The van der Waals surface area contributed by atoms with E-state index in [1.807, 2.05) is 0 Å². The second-order valence-electron chi connectivity index (χ2n) is 6.92. The fourth-order valence-electron chi connectivity index (χ4n) is 3.05. The quantitative estimate of drug-likeness (QED) is 0.552. The lowest BCUT2D eigenvalue weighted by atomic mass is 10.2. The molecule has 0 atom stereocenters. The van der Waals surface area contributed by atoms with Gasteiger partial charge in [0, 0.05) is 11.8 Å². The topological polar surface area (TPSA) is 84.9 Å². The molecule has 0 unspecified atom stereocenters.